The van der Waals surface area contributed by atoms with Crippen molar-refractivity contribution in [3.63, 3.8) is 0 Å². The Morgan fingerprint density at radius 3 is 2.00 bits per heavy atom. The molecule has 2 aromatic carbocycles. The molecule has 21 heavy (non-hydrogen) atoms. The highest BCUT2D eigenvalue weighted by Crippen LogP contribution is 2.30. The Labute approximate surface area is 137 Å². The van der Waals surface area contributed by atoms with Gasteiger partial charge in [0.2, 0.25) is 0 Å². The summed E-state index contributed by atoms with van der Waals surface area (Å²) in [5, 5.41) is 1.16. The van der Waals surface area contributed by atoms with E-state index in [1.165, 1.54) is 27.8 Å². The molecular formula is C18H21Cl2N. The van der Waals surface area contributed by atoms with Gasteiger partial charge >= 0.3 is 0 Å². The minimum absolute atomic E-state index is 0.0409. The van der Waals surface area contributed by atoms with Crippen molar-refractivity contribution in [1.82, 2.24) is 0 Å². The highest BCUT2D eigenvalue weighted by atomic mass is 35.5. The zero-order valence-electron chi connectivity index (χ0n) is 12.9. The lowest BCUT2D eigenvalue weighted by atomic mass is 9.87. The lowest BCUT2D eigenvalue weighted by molar-refractivity contribution is 0.708. The van der Waals surface area contributed by atoms with Gasteiger partial charge in [0.05, 0.1) is 10.0 Å². The maximum absolute atomic E-state index is 6.48. The highest BCUT2D eigenvalue weighted by Gasteiger charge is 2.16. The van der Waals surface area contributed by atoms with Gasteiger partial charge in [0.25, 0.3) is 0 Å². The second-order valence-electron chi connectivity index (χ2n) is 5.73. The molecule has 0 bridgehead atoms. The SMILES string of the molecule is Cc1cc(C)c(C)c(C(N)Cc2ccc(Cl)c(Cl)c2)c1C. The lowest BCUT2D eigenvalue weighted by Crippen LogP contribution is -2.17. The predicted octanol–water partition coefficient (Wildman–Crippen LogP) is 5.47. The molecule has 1 nitrogen and oxygen atoms in total. The summed E-state index contributed by atoms with van der Waals surface area (Å²) in [5.41, 5.74) is 14.0. The minimum atomic E-state index is -0.0409. The number of nitrogens with two attached hydrogens (primary N) is 1. The highest BCUT2D eigenvalue weighted by molar-refractivity contribution is 6.42. The molecule has 0 amide bonds. The fraction of sp³-hybridized carbons (Fsp3) is 0.333. The van der Waals surface area contributed by atoms with E-state index < -0.39 is 0 Å². The van der Waals surface area contributed by atoms with Crippen molar-refractivity contribution in [3.8, 4) is 0 Å². The number of benzene rings is 2. The molecule has 0 aromatic heterocycles. The third-order valence-corrected chi connectivity index (χ3v) is 4.97. The van der Waals surface area contributed by atoms with Crippen LogP contribution in [0.25, 0.3) is 0 Å². The van der Waals surface area contributed by atoms with E-state index >= 15 is 0 Å². The van der Waals surface area contributed by atoms with E-state index in [9.17, 15) is 0 Å². The molecule has 2 N–H and O–H groups in total. The van der Waals surface area contributed by atoms with Gasteiger partial charge < -0.3 is 5.73 Å². The summed E-state index contributed by atoms with van der Waals surface area (Å²) in [5.74, 6) is 0. The van der Waals surface area contributed by atoms with Gasteiger partial charge in [0.1, 0.15) is 0 Å². The molecule has 0 saturated carbocycles. The van der Waals surface area contributed by atoms with E-state index in [1.807, 2.05) is 18.2 Å². The molecule has 0 spiro atoms. The molecule has 2 aromatic rings. The van der Waals surface area contributed by atoms with E-state index in [1.54, 1.807) is 0 Å². The molecule has 1 unspecified atom stereocenters. The quantitative estimate of drug-likeness (QED) is 0.797. The van der Waals surface area contributed by atoms with Crippen LogP contribution < -0.4 is 5.73 Å². The first kappa shape index (κ1) is 16.4. The number of hydrogen-bond donors (Lipinski definition) is 1. The van der Waals surface area contributed by atoms with Gasteiger partial charge in [-0.3, -0.25) is 0 Å². The van der Waals surface area contributed by atoms with Crippen LogP contribution in [-0.2, 0) is 6.42 Å². The van der Waals surface area contributed by atoms with Crippen LogP contribution in [0.3, 0.4) is 0 Å². The smallest absolute Gasteiger partial charge is 0.0595 e. The molecule has 2 rings (SSSR count). The second kappa shape index (κ2) is 6.39. The van der Waals surface area contributed by atoms with Gasteiger partial charge in [0.15, 0.2) is 0 Å². The van der Waals surface area contributed by atoms with Gasteiger partial charge in [0, 0.05) is 6.04 Å². The largest absolute Gasteiger partial charge is 0.324 e. The molecule has 1 atom stereocenters. The van der Waals surface area contributed by atoms with Gasteiger partial charge in [-0.15, -0.1) is 0 Å². The van der Waals surface area contributed by atoms with E-state index in [2.05, 4.69) is 33.8 Å². The Kier molecular flexibility index (Phi) is 4.98. The Hall–Kier alpha value is -1.02. The molecule has 112 valence electrons. The van der Waals surface area contributed by atoms with Crippen molar-refractivity contribution in [2.45, 2.75) is 40.2 Å². The van der Waals surface area contributed by atoms with E-state index in [0.717, 1.165) is 12.0 Å². The van der Waals surface area contributed by atoms with E-state index in [4.69, 9.17) is 28.9 Å². The third-order valence-electron chi connectivity index (χ3n) is 4.23. The van der Waals surface area contributed by atoms with Crippen molar-refractivity contribution in [2.24, 2.45) is 5.73 Å². The summed E-state index contributed by atoms with van der Waals surface area (Å²) in [7, 11) is 0. The van der Waals surface area contributed by atoms with Crippen LogP contribution in [0.2, 0.25) is 10.0 Å². The Bertz CT molecular complexity index is 651. The van der Waals surface area contributed by atoms with Crippen molar-refractivity contribution < 1.29 is 0 Å². The average Bonchev–Trinajstić information content (AvgIpc) is 2.41. The summed E-state index contributed by atoms with van der Waals surface area (Å²) in [4.78, 5) is 0. The topological polar surface area (TPSA) is 26.0 Å². The van der Waals surface area contributed by atoms with Crippen LogP contribution in [0.15, 0.2) is 24.3 Å². The number of aryl methyl sites for hydroxylation is 2. The number of rotatable bonds is 3. The molecule has 3 heteroatoms. The van der Waals surface area contributed by atoms with Crippen LogP contribution in [0.4, 0.5) is 0 Å². The van der Waals surface area contributed by atoms with Crippen LogP contribution in [-0.4, -0.2) is 0 Å². The van der Waals surface area contributed by atoms with Crippen molar-refractivity contribution >= 4 is 23.2 Å². The number of halogens is 2. The molecule has 0 aliphatic rings. The van der Waals surface area contributed by atoms with E-state index in [-0.39, 0.29) is 6.04 Å². The Morgan fingerprint density at radius 2 is 1.48 bits per heavy atom. The molecular weight excluding hydrogens is 301 g/mol. The zero-order valence-corrected chi connectivity index (χ0v) is 14.4. The number of hydrogen-bond acceptors (Lipinski definition) is 1. The molecule has 0 saturated heterocycles. The van der Waals surface area contributed by atoms with E-state index in [0.29, 0.717) is 10.0 Å². The first-order valence-corrected chi connectivity index (χ1v) is 7.83. The first-order chi connectivity index (χ1) is 9.81. The molecule has 0 heterocycles. The zero-order chi connectivity index (χ0) is 15.7. The van der Waals surface area contributed by atoms with Crippen molar-refractivity contribution in [2.75, 3.05) is 0 Å². The Morgan fingerprint density at radius 1 is 0.905 bits per heavy atom. The molecule has 0 aliphatic carbocycles. The maximum Gasteiger partial charge on any atom is 0.0595 e. The van der Waals surface area contributed by atoms with Gasteiger partial charge in [-0.25, -0.2) is 0 Å². The standard InChI is InChI=1S/C18H21Cl2N/c1-10-7-11(2)13(4)18(12(10)3)17(21)9-14-5-6-15(19)16(20)8-14/h5-8,17H,9,21H2,1-4H3. The summed E-state index contributed by atoms with van der Waals surface area (Å²) >= 11 is 12.0. The first-order valence-electron chi connectivity index (χ1n) is 7.08. The summed E-state index contributed by atoms with van der Waals surface area (Å²) < 4.78 is 0. The third kappa shape index (κ3) is 3.42. The second-order valence-corrected chi connectivity index (χ2v) is 6.55. The van der Waals surface area contributed by atoms with Crippen LogP contribution >= 0.6 is 23.2 Å². The molecule has 0 aliphatic heterocycles. The van der Waals surface area contributed by atoms with Gasteiger partial charge in [-0.1, -0.05) is 35.3 Å². The summed E-state index contributed by atoms with van der Waals surface area (Å²) in [6, 6.07) is 7.90. The van der Waals surface area contributed by atoms with Crippen LogP contribution in [0.5, 0.6) is 0 Å². The monoisotopic (exact) mass is 321 g/mol. The lowest BCUT2D eigenvalue weighted by Gasteiger charge is -2.21. The maximum atomic E-state index is 6.48. The predicted molar refractivity (Wildman–Crippen MR) is 92.5 cm³/mol. The minimum Gasteiger partial charge on any atom is -0.324 e. The summed E-state index contributed by atoms with van der Waals surface area (Å²) in [6.07, 6.45) is 0.751. The van der Waals surface area contributed by atoms with Crippen molar-refractivity contribution in [1.29, 1.82) is 0 Å². The molecule has 0 radical (unpaired) electrons. The fourth-order valence-corrected chi connectivity index (χ4v) is 3.15. The van der Waals surface area contributed by atoms with Crippen LogP contribution in [0, 0.1) is 27.7 Å². The van der Waals surface area contributed by atoms with Gasteiger partial charge in [-0.05, 0) is 79.6 Å². The van der Waals surface area contributed by atoms with Gasteiger partial charge in [-0.2, -0.15) is 0 Å². The molecule has 0 fully saturated rings. The van der Waals surface area contributed by atoms with Crippen molar-refractivity contribution in [3.05, 3.63) is 67.7 Å². The van der Waals surface area contributed by atoms with Crippen LogP contribution in [0.1, 0.15) is 39.4 Å². The summed E-state index contributed by atoms with van der Waals surface area (Å²) in [6.45, 7) is 8.56. The average molecular weight is 322 g/mol. The Balaban J connectivity index is 2.36. The normalized spacial score (nSPS) is 12.5. The fourth-order valence-electron chi connectivity index (χ4n) is 2.83.